The molecule has 8 heteroatoms. The molecule has 0 heterocycles. The Hall–Kier alpha value is -2.54. The highest BCUT2D eigenvalue weighted by Crippen LogP contribution is 2.18. The van der Waals surface area contributed by atoms with Gasteiger partial charge < -0.3 is 10.1 Å². The maximum absolute atomic E-state index is 13.7. The Morgan fingerprint density at radius 3 is 2.32 bits per heavy atom. The van der Waals surface area contributed by atoms with Gasteiger partial charge in [-0.1, -0.05) is 29.8 Å². The lowest BCUT2D eigenvalue weighted by molar-refractivity contribution is -0.142. The van der Waals surface area contributed by atoms with Gasteiger partial charge in [-0.15, -0.1) is 0 Å². The van der Waals surface area contributed by atoms with Crippen molar-refractivity contribution in [2.24, 2.45) is 0 Å². The molecule has 2 rings (SSSR count). The van der Waals surface area contributed by atoms with E-state index in [0.717, 1.165) is 7.11 Å². The fourth-order valence-corrected chi connectivity index (χ4v) is 2.42. The van der Waals surface area contributed by atoms with Crippen LogP contribution in [0.4, 0.5) is 13.2 Å². The Kier molecular flexibility index (Phi) is 6.03. The molecule has 0 aliphatic rings. The number of nitrogens with one attached hydrogen (secondary N) is 1. The third-order valence-corrected chi connectivity index (χ3v) is 3.78. The number of carbonyl (C=O) groups is 2. The molecule has 1 amide bonds. The fraction of sp³-hybridized carbons (Fsp3) is 0.176. The molecule has 2 aromatic rings. The summed E-state index contributed by atoms with van der Waals surface area (Å²) in [6.45, 7) is 0. The van der Waals surface area contributed by atoms with E-state index < -0.39 is 40.9 Å². The first-order chi connectivity index (χ1) is 11.8. The Morgan fingerprint density at radius 2 is 1.76 bits per heavy atom. The SMILES string of the molecule is COC(=O)[C@@H](Cc1ccccc1Cl)NC(=O)c1c(F)cc(F)cc1F. The summed E-state index contributed by atoms with van der Waals surface area (Å²) in [6, 6.07) is 6.09. The summed E-state index contributed by atoms with van der Waals surface area (Å²) in [7, 11) is 1.10. The van der Waals surface area contributed by atoms with E-state index in [1.807, 2.05) is 0 Å². The molecule has 0 aliphatic carbocycles. The molecular weight excluding hydrogens is 359 g/mol. The highest BCUT2D eigenvalue weighted by atomic mass is 35.5. The van der Waals surface area contributed by atoms with Gasteiger partial charge in [-0.3, -0.25) is 4.79 Å². The van der Waals surface area contributed by atoms with Crippen molar-refractivity contribution in [3.8, 4) is 0 Å². The first kappa shape index (κ1) is 18.8. The van der Waals surface area contributed by atoms with E-state index in [-0.39, 0.29) is 6.42 Å². The number of carbonyl (C=O) groups excluding carboxylic acids is 2. The van der Waals surface area contributed by atoms with Gasteiger partial charge in [0.15, 0.2) is 0 Å². The van der Waals surface area contributed by atoms with Crippen LogP contribution in [0.5, 0.6) is 0 Å². The maximum atomic E-state index is 13.7. The smallest absolute Gasteiger partial charge is 0.328 e. The minimum Gasteiger partial charge on any atom is -0.467 e. The van der Waals surface area contributed by atoms with Crippen molar-refractivity contribution < 1.29 is 27.5 Å². The second-order valence-electron chi connectivity index (χ2n) is 5.09. The van der Waals surface area contributed by atoms with Gasteiger partial charge in [-0.2, -0.15) is 0 Å². The summed E-state index contributed by atoms with van der Waals surface area (Å²) in [5.74, 6) is -5.95. The highest BCUT2D eigenvalue weighted by molar-refractivity contribution is 6.31. The predicted octanol–water partition coefficient (Wildman–Crippen LogP) is 3.27. The van der Waals surface area contributed by atoms with Crippen molar-refractivity contribution in [1.29, 1.82) is 0 Å². The molecule has 0 saturated heterocycles. The van der Waals surface area contributed by atoms with Crippen LogP contribution in [-0.2, 0) is 16.0 Å². The van der Waals surface area contributed by atoms with E-state index in [9.17, 15) is 22.8 Å². The number of esters is 1. The number of rotatable bonds is 5. The molecule has 0 fully saturated rings. The number of amides is 1. The Bertz CT molecular complexity index is 790. The molecule has 2 aromatic carbocycles. The number of hydrogen-bond acceptors (Lipinski definition) is 3. The Balaban J connectivity index is 2.27. The van der Waals surface area contributed by atoms with E-state index in [4.69, 9.17) is 11.6 Å². The summed E-state index contributed by atoms with van der Waals surface area (Å²) < 4.78 is 45.0. The number of methoxy groups -OCH3 is 1. The molecule has 0 spiro atoms. The fourth-order valence-electron chi connectivity index (χ4n) is 2.21. The van der Waals surface area contributed by atoms with E-state index in [1.165, 1.54) is 0 Å². The van der Waals surface area contributed by atoms with Gasteiger partial charge in [0, 0.05) is 23.6 Å². The average Bonchev–Trinajstić information content (AvgIpc) is 2.54. The lowest BCUT2D eigenvalue weighted by atomic mass is 10.0. The van der Waals surface area contributed by atoms with Gasteiger partial charge in [0.25, 0.3) is 5.91 Å². The Morgan fingerprint density at radius 1 is 1.16 bits per heavy atom. The maximum Gasteiger partial charge on any atom is 0.328 e. The van der Waals surface area contributed by atoms with Crippen molar-refractivity contribution in [2.75, 3.05) is 7.11 Å². The van der Waals surface area contributed by atoms with Crippen molar-refractivity contribution in [2.45, 2.75) is 12.5 Å². The van der Waals surface area contributed by atoms with E-state index >= 15 is 0 Å². The minimum atomic E-state index is -1.38. The lowest BCUT2D eigenvalue weighted by Gasteiger charge is -2.17. The van der Waals surface area contributed by atoms with Crippen LogP contribution in [0.1, 0.15) is 15.9 Å². The summed E-state index contributed by atoms with van der Waals surface area (Å²) >= 11 is 6.01. The zero-order valence-corrected chi connectivity index (χ0v) is 13.7. The first-order valence-corrected chi connectivity index (χ1v) is 7.48. The quantitative estimate of drug-likeness (QED) is 0.821. The molecule has 0 unspecified atom stereocenters. The van der Waals surface area contributed by atoms with Crippen LogP contribution < -0.4 is 5.32 Å². The molecule has 0 aliphatic heterocycles. The second-order valence-corrected chi connectivity index (χ2v) is 5.50. The normalized spacial score (nSPS) is 11.7. The molecule has 0 aromatic heterocycles. The molecule has 1 atom stereocenters. The van der Waals surface area contributed by atoms with Gasteiger partial charge in [-0.05, 0) is 11.6 Å². The summed E-state index contributed by atoms with van der Waals surface area (Å²) in [5, 5.41) is 2.54. The van der Waals surface area contributed by atoms with Crippen molar-refractivity contribution in [3.05, 3.63) is 70.0 Å². The number of benzene rings is 2. The third-order valence-electron chi connectivity index (χ3n) is 3.41. The molecule has 0 bridgehead atoms. The summed E-state index contributed by atoms with van der Waals surface area (Å²) in [4.78, 5) is 24.0. The zero-order chi connectivity index (χ0) is 18.6. The monoisotopic (exact) mass is 371 g/mol. The third kappa shape index (κ3) is 4.51. The van der Waals surface area contributed by atoms with Gasteiger partial charge in [0.2, 0.25) is 0 Å². The van der Waals surface area contributed by atoms with E-state index in [0.29, 0.717) is 22.7 Å². The van der Waals surface area contributed by atoms with E-state index in [2.05, 4.69) is 10.1 Å². The minimum absolute atomic E-state index is 0.0531. The number of hydrogen-bond donors (Lipinski definition) is 1. The topological polar surface area (TPSA) is 55.4 Å². The predicted molar refractivity (Wildman–Crippen MR) is 84.7 cm³/mol. The average molecular weight is 372 g/mol. The van der Waals surface area contributed by atoms with Crippen LogP contribution in [0.3, 0.4) is 0 Å². The van der Waals surface area contributed by atoms with E-state index in [1.54, 1.807) is 24.3 Å². The zero-order valence-electron chi connectivity index (χ0n) is 13.0. The van der Waals surface area contributed by atoms with Crippen LogP contribution >= 0.6 is 11.6 Å². The first-order valence-electron chi connectivity index (χ1n) is 7.10. The van der Waals surface area contributed by atoms with Crippen molar-refractivity contribution in [3.63, 3.8) is 0 Å². The molecule has 0 saturated carbocycles. The van der Waals surface area contributed by atoms with Gasteiger partial charge in [-0.25, -0.2) is 18.0 Å². The largest absolute Gasteiger partial charge is 0.467 e. The van der Waals surface area contributed by atoms with Crippen LogP contribution in [-0.4, -0.2) is 25.0 Å². The molecular formula is C17H13ClF3NO3. The van der Waals surface area contributed by atoms with Crippen LogP contribution in [0, 0.1) is 17.5 Å². The van der Waals surface area contributed by atoms with Crippen LogP contribution in [0.25, 0.3) is 0 Å². The standard InChI is InChI=1S/C17H13ClF3NO3/c1-25-17(24)14(6-9-4-2-3-5-11(9)18)22-16(23)15-12(20)7-10(19)8-13(15)21/h2-5,7-8,14H,6H2,1H3,(H,22,23)/t14-/m1/s1. The van der Waals surface area contributed by atoms with Gasteiger partial charge in [0.1, 0.15) is 29.1 Å². The molecule has 1 N–H and O–H groups in total. The highest BCUT2D eigenvalue weighted by Gasteiger charge is 2.27. The van der Waals surface area contributed by atoms with Gasteiger partial charge >= 0.3 is 5.97 Å². The lowest BCUT2D eigenvalue weighted by Crippen LogP contribution is -2.43. The van der Waals surface area contributed by atoms with Crippen LogP contribution in [0.15, 0.2) is 36.4 Å². The summed E-state index contributed by atoms with van der Waals surface area (Å²) in [5.41, 5.74) is -0.464. The molecule has 25 heavy (non-hydrogen) atoms. The van der Waals surface area contributed by atoms with Crippen molar-refractivity contribution >= 4 is 23.5 Å². The molecule has 0 radical (unpaired) electrons. The van der Waals surface area contributed by atoms with Gasteiger partial charge in [0.05, 0.1) is 7.11 Å². The summed E-state index contributed by atoms with van der Waals surface area (Å²) in [6.07, 6.45) is -0.0531. The van der Waals surface area contributed by atoms with Crippen molar-refractivity contribution in [1.82, 2.24) is 5.32 Å². The number of halogens is 4. The van der Waals surface area contributed by atoms with Crippen LogP contribution in [0.2, 0.25) is 5.02 Å². The Labute approximate surface area is 146 Å². The molecule has 132 valence electrons. The molecule has 4 nitrogen and oxygen atoms in total. The second kappa shape index (κ2) is 8.02. The number of ether oxygens (including phenoxy) is 1.